The van der Waals surface area contributed by atoms with E-state index in [1.54, 1.807) is 0 Å². The second kappa shape index (κ2) is 4.99. The topological polar surface area (TPSA) is 55.6 Å². The van der Waals surface area contributed by atoms with Crippen molar-refractivity contribution < 1.29 is 0 Å². The van der Waals surface area contributed by atoms with E-state index in [-0.39, 0.29) is 0 Å². The van der Waals surface area contributed by atoms with Crippen LogP contribution in [0.2, 0.25) is 0 Å². The molecule has 15 heavy (non-hydrogen) atoms. The summed E-state index contributed by atoms with van der Waals surface area (Å²) in [5.74, 6) is 0. The van der Waals surface area contributed by atoms with E-state index in [4.69, 9.17) is 0 Å². The fraction of sp³-hybridized carbons (Fsp3) is 0.444. The van der Waals surface area contributed by atoms with Crippen molar-refractivity contribution in [1.82, 2.24) is 24.7 Å². The van der Waals surface area contributed by atoms with Gasteiger partial charge in [0.1, 0.15) is 0 Å². The standard InChI is InChI=1S/C9H13N5S/c1-14-6-8(4-11-14)2-3-10-5-9-7-15-13-12-9/h4,6-7,10H,2-3,5H2,1H3. The lowest BCUT2D eigenvalue weighted by molar-refractivity contribution is 0.672. The van der Waals surface area contributed by atoms with Crippen molar-refractivity contribution in [2.45, 2.75) is 13.0 Å². The van der Waals surface area contributed by atoms with Crippen LogP contribution in [-0.4, -0.2) is 25.9 Å². The first-order valence-electron chi connectivity index (χ1n) is 4.79. The van der Waals surface area contributed by atoms with Crippen LogP contribution in [-0.2, 0) is 20.0 Å². The highest BCUT2D eigenvalue weighted by Crippen LogP contribution is 1.98. The van der Waals surface area contributed by atoms with E-state index in [1.807, 2.05) is 29.5 Å². The average molecular weight is 223 g/mol. The van der Waals surface area contributed by atoms with Crippen LogP contribution in [0, 0.1) is 0 Å². The summed E-state index contributed by atoms with van der Waals surface area (Å²) >= 11 is 1.38. The van der Waals surface area contributed by atoms with Crippen molar-refractivity contribution in [1.29, 1.82) is 0 Å². The fourth-order valence-corrected chi connectivity index (χ4v) is 1.76. The van der Waals surface area contributed by atoms with Crippen molar-refractivity contribution in [2.24, 2.45) is 7.05 Å². The second-order valence-electron chi connectivity index (χ2n) is 3.35. The smallest absolute Gasteiger partial charge is 0.0893 e. The summed E-state index contributed by atoms with van der Waals surface area (Å²) in [5, 5.41) is 13.3. The lowest BCUT2D eigenvalue weighted by atomic mass is 10.2. The van der Waals surface area contributed by atoms with Crippen LogP contribution in [0.5, 0.6) is 0 Å². The largest absolute Gasteiger partial charge is 0.311 e. The number of hydrogen-bond acceptors (Lipinski definition) is 5. The van der Waals surface area contributed by atoms with Crippen LogP contribution in [0.25, 0.3) is 0 Å². The molecule has 2 aromatic rings. The van der Waals surface area contributed by atoms with Crippen molar-refractivity contribution >= 4 is 11.5 Å². The Kier molecular flexibility index (Phi) is 3.41. The Morgan fingerprint density at radius 2 is 2.47 bits per heavy atom. The molecular weight excluding hydrogens is 210 g/mol. The van der Waals surface area contributed by atoms with E-state index < -0.39 is 0 Å². The number of aromatic nitrogens is 4. The van der Waals surface area contributed by atoms with E-state index >= 15 is 0 Å². The molecule has 2 rings (SSSR count). The number of rotatable bonds is 5. The number of nitrogens with one attached hydrogen (secondary N) is 1. The van der Waals surface area contributed by atoms with Gasteiger partial charge in [-0.15, -0.1) is 5.10 Å². The minimum atomic E-state index is 0.788. The van der Waals surface area contributed by atoms with E-state index in [0.29, 0.717) is 0 Å². The zero-order chi connectivity index (χ0) is 10.5. The van der Waals surface area contributed by atoms with Gasteiger partial charge in [0.05, 0.1) is 11.9 Å². The van der Waals surface area contributed by atoms with Gasteiger partial charge in [-0.25, -0.2) is 0 Å². The molecule has 0 atom stereocenters. The molecule has 0 saturated heterocycles. The summed E-state index contributed by atoms with van der Waals surface area (Å²) in [4.78, 5) is 0. The van der Waals surface area contributed by atoms with Gasteiger partial charge in [-0.3, -0.25) is 4.68 Å². The van der Waals surface area contributed by atoms with Gasteiger partial charge in [0.25, 0.3) is 0 Å². The maximum Gasteiger partial charge on any atom is 0.0893 e. The average Bonchev–Trinajstić information content (AvgIpc) is 2.84. The van der Waals surface area contributed by atoms with Gasteiger partial charge in [0.2, 0.25) is 0 Å². The normalized spacial score (nSPS) is 10.7. The van der Waals surface area contributed by atoms with Gasteiger partial charge in [-0.05, 0) is 30.1 Å². The van der Waals surface area contributed by atoms with Crippen LogP contribution in [0.1, 0.15) is 11.3 Å². The van der Waals surface area contributed by atoms with Crippen molar-refractivity contribution in [3.63, 3.8) is 0 Å². The first-order valence-corrected chi connectivity index (χ1v) is 5.62. The van der Waals surface area contributed by atoms with Crippen molar-refractivity contribution in [2.75, 3.05) is 6.54 Å². The Labute approximate surface area is 92.3 Å². The predicted molar refractivity (Wildman–Crippen MR) is 58.5 cm³/mol. The maximum atomic E-state index is 4.11. The number of aryl methyl sites for hydroxylation is 1. The highest BCUT2D eigenvalue weighted by atomic mass is 32.1. The van der Waals surface area contributed by atoms with Gasteiger partial charge >= 0.3 is 0 Å². The molecule has 0 saturated carbocycles. The number of nitrogens with zero attached hydrogens (tertiary/aromatic N) is 4. The van der Waals surface area contributed by atoms with E-state index in [9.17, 15) is 0 Å². The SMILES string of the molecule is Cn1cc(CCNCc2csnn2)cn1. The lowest BCUT2D eigenvalue weighted by Gasteiger charge is -1.99. The Morgan fingerprint density at radius 1 is 1.53 bits per heavy atom. The van der Waals surface area contributed by atoms with E-state index in [2.05, 4.69) is 20.0 Å². The third kappa shape index (κ3) is 3.10. The molecule has 2 aromatic heterocycles. The molecule has 2 heterocycles. The predicted octanol–water partition coefficient (Wildman–Crippen LogP) is 0.604. The van der Waals surface area contributed by atoms with E-state index in [1.165, 1.54) is 17.1 Å². The molecule has 0 aromatic carbocycles. The third-order valence-corrected chi connectivity index (χ3v) is 2.61. The Balaban J connectivity index is 1.67. The molecule has 5 nitrogen and oxygen atoms in total. The summed E-state index contributed by atoms with van der Waals surface area (Å²) in [6.07, 6.45) is 4.92. The van der Waals surface area contributed by atoms with Crippen LogP contribution < -0.4 is 5.32 Å². The van der Waals surface area contributed by atoms with Crippen molar-refractivity contribution in [3.8, 4) is 0 Å². The van der Waals surface area contributed by atoms with Gasteiger partial charge in [0.15, 0.2) is 0 Å². The first-order chi connectivity index (χ1) is 7.34. The molecule has 6 heteroatoms. The molecule has 0 spiro atoms. The molecule has 0 aliphatic carbocycles. The molecule has 0 radical (unpaired) electrons. The molecule has 0 unspecified atom stereocenters. The molecule has 0 fully saturated rings. The van der Waals surface area contributed by atoms with Crippen LogP contribution in [0.4, 0.5) is 0 Å². The van der Waals surface area contributed by atoms with E-state index in [0.717, 1.165) is 25.2 Å². The van der Waals surface area contributed by atoms with Crippen LogP contribution >= 0.6 is 11.5 Å². The number of hydrogen-bond donors (Lipinski definition) is 1. The van der Waals surface area contributed by atoms with Gasteiger partial charge < -0.3 is 5.32 Å². The Hall–Kier alpha value is -1.27. The summed E-state index contributed by atoms with van der Waals surface area (Å²) < 4.78 is 5.62. The molecule has 1 N–H and O–H groups in total. The maximum absolute atomic E-state index is 4.11. The molecule has 0 aliphatic heterocycles. The Bertz CT molecular complexity index is 394. The lowest BCUT2D eigenvalue weighted by Crippen LogP contribution is -2.16. The quantitative estimate of drug-likeness (QED) is 0.754. The highest BCUT2D eigenvalue weighted by molar-refractivity contribution is 7.03. The van der Waals surface area contributed by atoms with Crippen LogP contribution in [0.3, 0.4) is 0 Å². The molecule has 0 aliphatic rings. The molecule has 80 valence electrons. The summed E-state index contributed by atoms with van der Waals surface area (Å²) in [7, 11) is 1.93. The van der Waals surface area contributed by atoms with Gasteiger partial charge in [-0.2, -0.15) is 5.10 Å². The summed E-state index contributed by atoms with van der Waals surface area (Å²) in [6, 6.07) is 0. The Morgan fingerprint density at radius 3 is 3.13 bits per heavy atom. The summed E-state index contributed by atoms with van der Waals surface area (Å²) in [5.41, 5.74) is 2.26. The first kappa shape index (κ1) is 10.3. The summed E-state index contributed by atoms with van der Waals surface area (Å²) in [6.45, 7) is 1.72. The molecular formula is C9H13N5S. The fourth-order valence-electron chi connectivity index (χ4n) is 1.31. The molecule has 0 bridgehead atoms. The van der Waals surface area contributed by atoms with Crippen molar-refractivity contribution in [3.05, 3.63) is 29.0 Å². The van der Waals surface area contributed by atoms with Crippen LogP contribution in [0.15, 0.2) is 17.8 Å². The zero-order valence-electron chi connectivity index (χ0n) is 8.55. The minimum absolute atomic E-state index is 0.788. The highest BCUT2D eigenvalue weighted by Gasteiger charge is 1.97. The van der Waals surface area contributed by atoms with Gasteiger partial charge in [-0.1, -0.05) is 4.49 Å². The zero-order valence-corrected chi connectivity index (χ0v) is 9.37. The third-order valence-electron chi connectivity index (χ3n) is 2.06. The van der Waals surface area contributed by atoms with Gasteiger partial charge in [0, 0.05) is 25.2 Å². The monoisotopic (exact) mass is 223 g/mol. The minimum Gasteiger partial charge on any atom is -0.311 e. The second-order valence-corrected chi connectivity index (χ2v) is 3.96. The molecule has 0 amide bonds.